The van der Waals surface area contributed by atoms with E-state index in [9.17, 15) is 5.11 Å². The van der Waals surface area contributed by atoms with Gasteiger partial charge in [0.2, 0.25) is 0 Å². The minimum absolute atomic E-state index is 0.632. The van der Waals surface area contributed by atoms with Crippen molar-refractivity contribution in [1.29, 1.82) is 0 Å². The maximum absolute atomic E-state index is 10.5. The van der Waals surface area contributed by atoms with E-state index in [2.05, 4.69) is 23.3 Å². The van der Waals surface area contributed by atoms with Crippen molar-refractivity contribution in [2.24, 2.45) is 7.05 Å². The summed E-state index contributed by atoms with van der Waals surface area (Å²) >= 11 is 0. The second-order valence-electron chi connectivity index (χ2n) is 4.96. The predicted octanol–water partition coefficient (Wildman–Crippen LogP) is 2.61. The second-order valence-corrected chi connectivity index (χ2v) is 4.96. The largest absolute Gasteiger partial charge is 0.384 e. The van der Waals surface area contributed by atoms with Gasteiger partial charge in [0.05, 0.1) is 5.52 Å². The first-order chi connectivity index (χ1) is 9.69. The van der Waals surface area contributed by atoms with E-state index in [1.54, 1.807) is 4.68 Å². The Labute approximate surface area is 117 Å². The molecule has 0 saturated heterocycles. The first-order valence-corrected chi connectivity index (χ1v) is 6.75. The summed E-state index contributed by atoms with van der Waals surface area (Å²) in [6.45, 7) is 2.11. The molecule has 20 heavy (non-hydrogen) atoms. The van der Waals surface area contributed by atoms with Crippen LogP contribution in [-0.2, 0) is 13.5 Å². The van der Waals surface area contributed by atoms with Crippen LogP contribution < -0.4 is 0 Å². The number of aliphatic hydroxyl groups is 1. The topological polar surface area (TPSA) is 50.9 Å². The van der Waals surface area contributed by atoms with Crippen LogP contribution >= 0.6 is 0 Å². The molecule has 4 heteroatoms. The zero-order valence-corrected chi connectivity index (χ0v) is 11.6. The quantitative estimate of drug-likeness (QED) is 0.793. The van der Waals surface area contributed by atoms with Gasteiger partial charge in [-0.25, -0.2) is 4.68 Å². The minimum Gasteiger partial charge on any atom is -0.384 e. The fourth-order valence-corrected chi connectivity index (χ4v) is 2.40. The van der Waals surface area contributed by atoms with Gasteiger partial charge in [-0.15, -0.1) is 5.10 Å². The van der Waals surface area contributed by atoms with Crippen LogP contribution in [0.3, 0.4) is 0 Å². The number of aryl methyl sites for hydroxylation is 2. The van der Waals surface area contributed by atoms with Crippen LogP contribution in [0, 0.1) is 0 Å². The maximum Gasteiger partial charge on any atom is 0.113 e. The molecule has 4 nitrogen and oxygen atoms in total. The van der Waals surface area contributed by atoms with Crippen LogP contribution in [-0.4, -0.2) is 20.1 Å². The van der Waals surface area contributed by atoms with E-state index < -0.39 is 6.10 Å². The van der Waals surface area contributed by atoms with Crippen molar-refractivity contribution >= 4 is 11.0 Å². The third-order valence-corrected chi connectivity index (χ3v) is 3.63. The fourth-order valence-electron chi connectivity index (χ4n) is 2.40. The maximum atomic E-state index is 10.5. The summed E-state index contributed by atoms with van der Waals surface area (Å²) in [4.78, 5) is 0. The number of benzene rings is 2. The molecule has 0 radical (unpaired) electrons. The molecule has 1 heterocycles. The van der Waals surface area contributed by atoms with Gasteiger partial charge in [0.1, 0.15) is 11.6 Å². The Bertz CT molecular complexity index is 748. The first-order valence-electron chi connectivity index (χ1n) is 6.75. The van der Waals surface area contributed by atoms with E-state index in [0.29, 0.717) is 0 Å². The van der Waals surface area contributed by atoms with E-state index in [4.69, 9.17) is 0 Å². The Kier molecular flexibility index (Phi) is 3.24. The highest BCUT2D eigenvalue weighted by atomic mass is 16.3. The Hall–Kier alpha value is -2.20. The van der Waals surface area contributed by atoms with Crippen molar-refractivity contribution in [3.8, 4) is 0 Å². The van der Waals surface area contributed by atoms with Crippen LogP contribution in [0.25, 0.3) is 11.0 Å². The third kappa shape index (κ3) is 2.18. The number of fused-ring (bicyclic) bond motifs is 1. The standard InChI is InChI=1S/C16H17N3O/c1-3-11-5-4-6-12(9-11)16(20)13-7-8-15-14(10-13)17-18-19(15)2/h4-10,16,20H,3H2,1-2H3. The molecule has 0 aliphatic heterocycles. The molecule has 2 aromatic carbocycles. The molecule has 0 bridgehead atoms. The highest BCUT2D eigenvalue weighted by molar-refractivity contribution is 5.75. The number of aliphatic hydroxyl groups excluding tert-OH is 1. The van der Waals surface area contributed by atoms with Crippen molar-refractivity contribution in [2.45, 2.75) is 19.4 Å². The molecule has 0 spiro atoms. The van der Waals surface area contributed by atoms with Crippen molar-refractivity contribution < 1.29 is 5.11 Å². The molecule has 0 amide bonds. The Morgan fingerprint density at radius 2 is 1.95 bits per heavy atom. The lowest BCUT2D eigenvalue weighted by atomic mass is 9.99. The minimum atomic E-state index is -0.632. The van der Waals surface area contributed by atoms with Gasteiger partial charge in [-0.3, -0.25) is 0 Å². The smallest absolute Gasteiger partial charge is 0.113 e. The molecule has 0 saturated carbocycles. The van der Waals surface area contributed by atoms with E-state index in [1.165, 1.54) is 5.56 Å². The molecule has 1 atom stereocenters. The van der Waals surface area contributed by atoms with Gasteiger partial charge >= 0.3 is 0 Å². The molecule has 102 valence electrons. The van der Waals surface area contributed by atoms with Crippen molar-refractivity contribution in [3.63, 3.8) is 0 Å². The SMILES string of the molecule is CCc1cccc(C(O)c2ccc3c(c2)nnn3C)c1. The number of aromatic nitrogens is 3. The summed E-state index contributed by atoms with van der Waals surface area (Å²) in [7, 11) is 1.86. The molecule has 0 fully saturated rings. The lowest BCUT2D eigenvalue weighted by Gasteiger charge is -2.12. The summed E-state index contributed by atoms with van der Waals surface area (Å²) in [6.07, 6.45) is 0.330. The molecule has 1 N–H and O–H groups in total. The highest BCUT2D eigenvalue weighted by Gasteiger charge is 2.12. The predicted molar refractivity (Wildman–Crippen MR) is 78.4 cm³/mol. The second kappa shape index (κ2) is 5.06. The first kappa shape index (κ1) is 12.8. The monoisotopic (exact) mass is 267 g/mol. The summed E-state index contributed by atoms with van der Waals surface area (Å²) < 4.78 is 1.73. The van der Waals surface area contributed by atoms with Crippen LogP contribution in [0.5, 0.6) is 0 Å². The van der Waals surface area contributed by atoms with E-state index in [1.807, 2.05) is 43.4 Å². The summed E-state index contributed by atoms with van der Waals surface area (Å²) in [6, 6.07) is 13.8. The molecule has 0 aliphatic rings. The molecule has 3 aromatic rings. The third-order valence-electron chi connectivity index (χ3n) is 3.63. The molecular weight excluding hydrogens is 250 g/mol. The summed E-state index contributed by atoms with van der Waals surface area (Å²) in [5.41, 5.74) is 4.74. The van der Waals surface area contributed by atoms with Gasteiger partial charge in [0.25, 0.3) is 0 Å². The number of hydrogen-bond acceptors (Lipinski definition) is 3. The van der Waals surface area contributed by atoms with Gasteiger partial charge in [-0.05, 0) is 35.2 Å². The number of nitrogens with zero attached hydrogens (tertiary/aromatic N) is 3. The van der Waals surface area contributed by atoms with E-state index in [-0.39, 0.29) is 0 Å². The zero-order valence-electron chi connectivity index (χ0n) is 11.6. The van der Waals surface area contributed by atoms with Gasteiger partial charge in [-0.2, -0.15) is 0 Å². The normalized spacial score (nSPS) is 12.8. The fraction of sp³-hybridized carbons (Fsp3) is 0.250. The average Bonchev–Trinajstić information content (AvgIpc) is 2.87. The average molecular weight is 267 g/mol. The Balaban J connectivity index is 2.00. The van der Waals surface area contributed by atoms with Gasteiger partial charge in [0, 0.05) is 7.05 Å². The molecule has 1 unspecified atom stereocenters. The van der Waals surface area contributed by atoms with Crippen molar-refractivity contribution in [2.75, 3.05) is 0 Å². The summed E-state index contributed by atoms with van der Waals surface area (Å²) in [5.74, 6) is 0. The number of hydrogen-bond donors (Lipinski definition) is 1. The number of rotatable bonds is 3. The lowest BCUT2D eigenvalue weighted by molar-refractivity contribution is 0.220. The van der Waals surface area contributed by atoms with Gasteiger partial charge in [0.15, 0.2) is 0 Å². The summed E-state index contributed by atoms with van der Waals surface area (Å²) in [5, 5.41) is 18.6. The molecular formula is C16H17N3O. The van der Waals surface area contributed by atoms with E-state index in [0.717, 1.165) is 28.6 Å². The van der Waals surface area contributed by atoms with E-state index >= 15 is 0 Å². The van der Waals surface area contributed by atoms with Gasteiger partial charge in [-0.1, -0.05) is 42.5 Å². The van der Waals surface area contributed by atoms with Gasteiger partial charge < -0.3 is 5.11 Å². The molecule has 0 aliphatic carbocycles. The molecule has 3 rings (SSSR count). The van der Waals surface area contributed by atoms with Crippen LogP contribution in [0.2, 0.25) is 0 Å². The van der Waals surface area contributed by atoms with Crippen molar-refractivity contribution in [3.05, 3.63) is 59.2 Å². The van der Waals surface area contributed by atoms with Crippen LogP contribution in [0.1, 0.15) is 29.7 Å². The van der Waals surface area contributed by atoms with Crippen LogP contribution in [0.4, 0.5) is 0 Å². The Morgan fingerprint density at radius 1 is 1.15 bits per heavy atom. The van der Waals surface area contributed by atoms with Crippen molar-refractivity contribution in [1.82, 2.24) is 15.0 Å². The zero-order chi connectivity index (χ0) is 14.1. The van der Waals surface area contributed by atoms with Crippen LogP contribution in [0.15, 0.2) is 42.5 Å². The lowest BCUT2D eigenvalue weighted by Crippen LogP contribution is -2.00. The highest BCUT2D eigenvalue weighted by Crippen LogP contribution is 2.25. The Morgan fingerprint density at radius 3 is 2.75 bits per heavy atom. The molecule has 1 aromatic heterocycles.